The molecular weight excluding hydrogens is 410 g/mol. The highest BCUT2D eigenvalue weighted by Crippen LogP contribution is 2.30. The predicted octanol–water partition coefficient (Wildman–Crippen LogP) is 3.03. The van der Waals surface area contributed by atoms with Crippen LogP contribution in [0.2, 0.25) is 0 Å². The summed E-state index contributed by atoms with van der Waals surface area (Å²) in [5.74, 6) is -2.19. The maximum absolute atomic E-state index is 13.9. The van der Waals surface area contributed by atoms with Crippen molar-refractivity contribution >= 4 is 23.2 Å². The van der Waals surface area contributed by atoms with Crippen molar-refractivity contribution in [2.75, 3.05) is 31.1 Å². The first kappa shape index (κ1) is 22.1. The van der Waals surface area contributed by atoms with E-state index in [1.165, 1.54) is 38.1 Å². The summed E-state index contributed by atoms with van der Waals surface area (Å²) in [6.07, 6.45) is 0. The largest absolute Gasteiger partial charge is 0.362 e. The van der Waals surface area contributed by atoms with Gasteiger partial charge in [0, 0.05) is 56.4 Å². The summed E-state index contributed by atoms with van der Waals surface area (Å²) in [7, 11) is 0. The Morgan fingerprint density at radius 2 is 1.77 bits per heavy atom. The van der Waals surface area contributed by atoms with Gasteiger partial charge in [0.15, 0.2) is 0 Å². The minimum Gasteiger partial charge on any atom is -0.362 e. The summed E-state index contributed by atoms with van der Waals surface area (Å²) >= 11 is 0. The first-order chi connectivity index (χ1) is 14.7. The number of carbonyl (C=O) groups is 2. The molecule has 1 aliphatic heterocycles. The molecule has 164 valence electrons. The third kappa shape index (κ3) is 4.96. The minimum atomic E-state index is -0.793. The zero-order valence-corrected chi connectivity index (χ0v) is 17.1. The van der Waals surface area contributed by atoms with Gasteiger partial charge < -0.3 is 15.1 Å². The molecule has 1 saturated heterocycles. The summed E-state index contributed by atoms with van der Waals surface area (Å²) in [5, 5.41) is 14.2. The first-order valence-electron chi connectivity index (χ1n) is 9.72. The summed E-state index contributed by atoms with van der Waals surface area (Å²) in [6.45, 7) is 4.79. The van der Waals surface area contributed by atoms with Crippen molar-refractivity contribution in [3.8, 4) is 0 Å². The van der Waals surface area contributed by atoms with E-state index >= 15 is 0 Å². The maximum atomic E-state index is 13.9. The van der Waals surface area contributed by atoms with Crippen molar-refractivity contribution in [2.24, 2.45) is 0 Å². The molecule has 10 heteroatoms. The third-order valence-corrected chi connectivity index (χ3v) is 5.28. The molecule has 0 bridgehead atoms. The average molecular weight is 432 g/mol. The van der Waals surface area contributed by atoms with E-state index in [0.717, 1.165) is 12.1 Å². The molecule has 2 aromatic rings. The molecule has 2 aromatic carbocycles. The van der Waals surface area contributed by atoms with Crippen LogP contribution in [-0.4, -0.2) is 47.8 Å². The summed E-state index contributed by atoms with van der Waals surface area (Å²) in [5.41, 5.74) is 0.281. The molecule has 0 unspecified atom stereocenters. The van der Waals surface area contributed by atoms with Crippen LogP contribution >= 0.6 is 0 Å². The van der Waals surface area contributed by atoms with E-state index in [1.54, 1.807) is 9.80 Å². The van der Waals surface area contributed by atoms with Crippen molar-refractivity contribution in [1.29, 1.82) is 0 Å². The van der Waals surface area contributed by atoms with Gasteiger partial charge in [0.05, 0.1) is 11.0 Å². The van der Waals surface area contributed by atoms with Gasteiger partial charge in [-0.2, -0.15) is 0 Å². The van der Waals surface area contributed by atoms with Crippen molar-refractivity contribution in [2.45, 2.75) is 19.9 Å². The van der Waals surface area contributed by atoms with Gasteiger partial charge in [-0.15, -0.1) is 0 Å². The molecule has 31 heavy (non-hydrogen) atoms. The van der Waals surface area contributed by atoms with Gasteiger partial charge in [-0.3, -0.25) is 19.7 Å². The summed E-state index contributed by atoms with van der Waals surface area (Å²) in [4.78, 5) is 38.6. The Hall–Kier alpha value is -3.56. The number of piperazine rings is 1. The Bertz CT molecular complexity index is 1020. The van der Waals surface area contributed by atoms with Crippen LogP contribution in [-0.2, 0) is 4.79 Å². The highest BCUT2D eigenvalue weighted by molar-refractivity contribution is 5.96. The molecule has 3 rings (SSSR count). The zero-order chi connectivity index (χ0) is 22.7. The number of nitrogens with zero attached hydrogens (tertiary/aromatic N) is 3. The number of hydrogen-bond acceptors (Lipinski definition) is 5. The quantitative estimate of drug-likeness (QED) is 0.579. The molecule has 0 radical (unpaired) electrons. The highest BCUT2D eigenvalue weighted by atomic mass is 19.1. The standard InChI is InChI=1S/C21H22F2N4O4/c1-13(17-5-4-16(22)12-18(17)23)24-21(29)15-3-6-19(20(11-15)27(30)31)26-9-7-25(8-10-26)14(2)28/h3-6,11-13H,7-10H2,1-2H3,(H,24,29)/t13-/m1/s1. The molecular formula is C21H22F2N4O4. The predicted molar refractivity (Wildman–Crippen MR) is 110 cm³/mol. The van der Waals surface area contributed by atoms with E-state index < -0.39 is 28.5 Å². The second kappa shape index (κ2) is 9.07. The highest BCUT2D eigenvalue weighted by Gasteiger charge is 2.26. The van der Waals surface area contributed by atoms with Crippen LogP contribution < -0.4 is 10.2 Å². The number of halogens is 2. The van der Waals surface area contributed by atoms with Crippen molar-refractivity contribution in [3.05, 3.63) is 69.3 Å². The lowest BCUT2D eigenvalue weighted by molar-refractivity contribution is -0.384. The topological polar surface area (TPSA) is 95.8 Å². The fourth-order valence-electron chi connectivity index (χ4n) is 3.55. The second-order valence-electron chi connectivity index (χ2n) is 7.31. The fourth-order valence-corrected chi connectivity index (χ4v) is 3.55. The van der Waals surface area contributed by atoms with Gasteiger partial charge >= 0.3 is 0 Å². The Morgan fingerprint density at radius 3 is 2.35 bits per heavy atom. The molecule has 0 saturated carbocycles. The van der Waals surface area contributed by atoms with E-state index in [0.29, 0.717) is 31.9 Å². The zero-order valence-electron chi connectivity index (χ0n) is 17.1. The van der Waals surface area contributed by atoms with E-state index in [4.69, 9.17) is 0 Å². The second-order valence-corrected chi connectivity index (χ2v) is 7.31. The van der Waals surface area contributed by atoms with Gasteiger partial charge in [0.2, 0.25) is 5.91 Å². The molecule has 1 fully saturated rings. The Kier molecular flexibility index (Phi) is 6.47. The van der Waals surface area contributed by atoms with Crippen molar-refractivity contribution in [3.63, 3.8) is 0 Å². The maximum Gasteiger partial charge on any atom is 0.293 e. The van der Waals surface area contributed by atoms with Gasteiger partial charge in [0.25, 0.3) is 11.6 Å². The van der Waals surface area contributed by atoms with Crippen LogP contribution in [0.25, 0.3) is 0 Å². The van der Waals surface area contributed by atoms with Gasteiger partial charge in [-0.05, 0) is 25.1 Å². The number of rotatable bonds is 5. The molecule has 0 aromatic heterocycles. The molecule has 1 atom stereocenters. The SMILES string of the molecule is CC(=O)N1CCN(c2ccc(C(=O)N[C@H](C)c3ccc(F)cc3F)cc2[N+](=O)[O-])CC1. The smallest absolute Gasteiger partial charge is 0.293 e. The summed E-state index contributed by atoms with van der Waals surface area (Å²) in [6, 6.07) is 6.42. The number of nitro benzene ring substituents is 1. The Balaban J connectivity index is 1.78. The number of nitro groups is 1. The number of benzene rings is 2. The van der Waals surface area contributed by atoms with Crippen molar-refractivity contribution in [1.82, 2.24) is 10.2 Å². The molecule has 1 aliphatic rings. The summed E-state index contributed by atoms with van der Waals surface area (Å²) < 4.78 is 27.0. The van der Waals surface area contributed by atoms with E-state index in [1.807, 2.05) is 0 Å². The fraction of sp³-hybridized carbons (Fsp3) is 0.333. The first-order valence-corrected chi connectivity index (χ1v) is 9.72. The normalized spacial score (nSPS) is 14.8. The molecule has 0 spiro atoms. The minimum absolute atomic E-state index is 0.0483. The molecule has 1 N–H and O–H groups in total. The molecule has 1 heterocycles. The van der Waals surface area contributed by atoms with E-state index in [-0.39, 0.29) is 22.7 Å². The number of nitrogens with one attached hydrogen (secondary N) is 1. The molecule has 8 nitrogen and oxygen atoms in total. The van der Waals surface area contributed by atoms with Crippen LogP contribution in [0.4, 0.5) is 20.2 Å². The number of hydrogen-bond donors (Lipinski definition) is 1. The van der Waals surface area contributed by atoms with Crippen molar-refractivity contribution < 1.29 is 23.3 Å². The third-order valence-electron chi connectivity index (χ3n) is 5.28. The van der Waals surface area contributed by atoms with E-state index in [9.17, 15) is 28.5 Å². The number of anilines is 1. The Labute approximate surface area is 177 Å². The van der Waals surface area contributed by atoms with Gasteiger partial charge in [-0.25, -0.2) is 8.78 Å². The van der Waals surface area contributed by atoms with Crippen LogP contribution in [0.1, 0.15) is 35.8 Å². The van der Waals surface area contributed by atoms with Gasteiger partial charge in [0.1, 0.15) is 17.3 Å². The van der Waals surface area contributed by atoms with Crippen LogP contribution in [0.3, 0.4) is 0 Å². The Morgan fingerprint density at radius 1 is 1.10 bits per heavy atom. The monoisotopic (exact) mass is 432 g/mol. The van der Waals surface area contributed by atoms with Gasteiger partial charge in [-0.1, -0.05) is 6.07 Å². The molecule has 0 aliphatic carbocycles. The van der Waals surface area contributed by atoms with Crippen LogP contribution in [0, 0.1) is 21.7 Å². The number of carbonyl (C=O) groups excluding carboxylic acids is 2. The number of amides is 2. The molecule has 2 amide bonds. The van der Waals surface area contributed by atoms with E-state index in [2.05, 4.69) is 5.32 Å². The average Bonchev–Trinajstić information content (AvgIpc) is 2.73. The van der Waals surface area contributed by atoms with Crippen LogP contribution in [0.5, 0.6) is 0 Å². The van der Waals surface area contributed by atoms with Crippen LogP contribution in [0.15, 0.2) is 36.4 Å². The lowest BCUT2D eigenvalue weighted by Crippen LogP contribution is -2.48. The lowest BCUT2D eigenvalue weighted by atomic mass is 10.1. The lowest BCUT2D eigenvalue weighted by Gasteiger charge is -2.35.